The number of nitrogens with one attached hydrogen (secondary N) is 3. The number of hydrogen-bond donors (Lipinski definition) is 4. The molecule has 0 unspecified atom stereocenters. The summed E-state index contributed by atoms with van der Waals surface area (Å²) in [5.74, 6) is 0.0869. The predicted octanol–water partition coefficient (Wildman–Crippen LogP) is 1.90. The smallest absolute Gasteiger partial charge is 0.267 e. The normalized spacial score (nSPS) is 19.4. The molecule has 8 nitrogen and oxygen atoms in total. The van der Waals surface area contributed by atoms with Gasteiger partial charge in [0.05, 0.1) is 0 Å². The molecule has 4 rings (SSSR count). The minimum absolute atomic E-state index is 0.0804. The van der Waals surface area contributed by atoms with Gasteiger partial charge in [-0.15, -0.1) is 0 Å². The number of rotatable bonds is 6. The van der Waals surface area contributed by atoms with Crippen LogP contribution in [0.15, 0.2) is 30.3 Å². The van der Waals surface area contributed by atoms with E-state index < -0.39 is 5.91 Å². The highest BCUT2D eigenvalue weighted by Gasteiger charge is 2.24. The Morgan fingerprint density at radius 1 is 1.07 bits per heavy atom. The van der Waals surface area contributed by atoms with Crippen LogP contribution >= 0.6 is 0 Å². The molecule has 2 fully saturated rings. The molecule has 1 atom stereocenters. The molecule has 2 heterocycles. The minimum Gasteiger partial charge on any atom is -0.382 e. The monoisotopic (exact) mass is 380 g/mol. The maximum absolute atomic E-state index is 11.8. The Morgan fingerprint density at radius 2 is 1.82 bits per heavy atom. The van der Waals surface area contributed by atoms with Crippen molar-refractivity contribution in [2.75, 3.05) is 17.2 Å². The molecular formula is C20H24N6O2. The molecule has 2 amide bonds. The van der Waals surface area contributed by atoms with E-state index in [0.29, 0.717) is 30.6 Å². The number of carbonyl (C=O) groups is 2. The fraction of sp³-hybridized carbons (Fsp3) is 0.400. The van der Waals surface area contributed by atoms with Crippen LogP contribution in [0.2, 0.25) is 0 Å². The molecule has 146 valence electrons. The van der Waals surface area contributed by atoms with E-state index in [-0.39, 0.29) is 17.6 Å². The van der Waals surface area contributed by atoms with Gasteiger partial charge in [-0.25, -0.2) is 9.97 Å². The molecule has 1 aliphatic carbocycles. The topological polar surface area (TPSA) is 122 Å². The first-order chi connectivity index (χ1) is 13.6. The van der Waals surface area contributed by atoms with Gasteiger partial charge in [-0.2, -0.15) is 0 Å². The molecule has 0 radical (unpaired) electrons. The van der Waals surface area contributed by atoms with E-state index >= 15 is 0 Å². The number of carbonyl (C=O) groups excluding carboxylic acids is 2. The lowest BCUT2D eigenvalue weighted by Gasteiger charge is -2.14. The molecular weight excluding hydrogens is 356 g/mol. The number of nitrogens with two attached hydrogens (primary N) is 1. The number of aromatic nitrogens is 2. The van der Waals surface area contributed by atoms with Crippen molar-refractivity contribution in [3.8, 4) is 11.4 Å². The van der Waals surface area contributed by atoms with Crippen LogP contribution in [0.3, 0.4) is 0 Å². The lowest BCUT2D eigenvalue weighted by molar-refractivity contribution is -0.119. The Kier molecular flexibility index (Phi) is 5.10. The summed E-state index contributed by atoms with van der Waals surface area (Å²) < 4.78 is 0. The number of anilines is 2. The molecule has 1 aromatic heterocycles. The highest BCUT2D eigenvalue weighted by Crippen LogP contribution is 2.25. The molecule has 0 spiro atoms. The van der Waals surface area contributed by atoms with Crippen LogP contribution < -0.4 is 21.7 Å². The molecule has 1 aliphatic heterocycles. The van der Waals surface area contributed by atoms with Crippen LogP contribution in [0.1, 0.15) is 42.6 Å². The van der Waals surface area contributed by atoms with Crippen molar-refractivity contribution >= 4 is 23.3 Å². The third-order valence-corrected chi connectivity index (χ3v) is 5.22. The molecule has 0 bridgehead atoms. The molecule has 8 heteroatoms. The largest absolute Gasteiger partial charge is 0.382 e. The van der Waals surface area contributed by atoms with Crippen LogP contribution in [-0.4, -0.2) is 40.4 Å². The lowest BCUT2D eigenvalue weighted by Crippen LogP contribution is -2.30. The van der Waals surface area contributed by atoms with Gasteiger partial charge in [0.2, 0.25) is 5.91 Å². The van der Waals surface area contributed by atoms with Crippen LogP contribution in [0.25, 0.3) is 11.4 Å². The van der Waals surface area contributed by atoms with E-state index in [1.807, 2.05) is 24.3 Å². The summed E-state index contributed by atoms with van der Waals surface area (Å²) in [6, 6.07) is 9.47. The van der Waals surface area contributed by atoms with E-state index in [0.717, 1.165) is 11.3 Å². The Labute approximate surface area is 163 Å². The fourth-order valence-electron chi connectivity index (χ4n) is 3.71. The summed E-state index contributed by atoms with van der Waals surface area (Å²) in [4.78, 5) is 32.3. The fourth-order valence-corrected chi connectivity index (χ4v) is 3.71. The van der Waals surface area contributed by atoms with Crippen LogP contribution in [-0.2, 0) is 4.79 Å². The highest BCUT2D eigenvalue weighted by atomic mass is 16.2. The predicted molar refractivity (Wildman–Crippen MR) is 107 cm³/mol. The summed E-state index contributed by atoms with van der Waals surface area (Å²) >= 11 is 0. The molecule has 2 aliphatic rings. The van der Waals surface area contributed by atoms with Crippen LogP contribution in [0, 0.1) is 0 Å². The Balaban J connectivity index is 1.56. The zero-order valence-electron chi connectivity index (χ0n) is 15.6. The first kappa shape index (κ1) is 18.2. The Bertz CT molecular complexity index is 877. The van der Waals surface area contributed by atoms with E-state index in [2.05, 4.69) is 25.9 Å². The Morgan fingerprint density at radius 3 is 2.46 bits per heavy atom. The highest BCUT2D eigenvalue weighted by molar-refractivity contribution is 5.92. The number of nitrogens with zero attached hydrogens (tertiary/aromatic N) is 2. The van der Waals surface area contributed by atoms with Gasteiger partial charge in [-0.3, -0.25) is 9.59 Å². The van der Waals surface area contributed by atoms with Crippen LogP contribution in [0.5, 0.6) is 0 Å². The average molecular weight is 380 g/mol. The number of hydrogen-bond acceptors (Lipinski definition) is 6. The van der Waals surface area contributed by atoms with Gasteiger partial charge in [0.1, 0.15) is 17.6 Å². The van der Waals surface area contributed by atoms with Crippen molar-refractivity contribution in [3.05, 3.63) is 36.0 Å². The summed E-state index contributed by atoms with van der Waals surface area (Å²) in [6.07, 6.45) is 5.62. The quantitative estimate of drug-likeness (QED) is 0.607. The zero-order chi connectivity index (χ0) is 19.5. The third-order valence-electron chi connectivity index (χ3n) is 5.22. The van der Waals surface area contributed by atoms with E-state index in [9.17, 15) is 9.59 Å². The van der Waals surface area contributed by atoms with Gasteiger partial charge in [0, 0.05) is 29.9 Å². The second-order valence-electron chi connectivity index (χ2n) is 7.31. The third kappa shape index (κ3) is 4.05. The summed E-state index contributed by atoms with van der Waals surface area (Å²) in [7, 11) is 0. The zero-order valence-corrected chi connectivity index (χ0v) is 15.6. The van der Waals surface area contributed by atoms with Gasteiger partial charge in [0.25, 0.3) is 5.91 Å². The van der Waals surface area contributed by atoms with Crippen LogP contribution in [0.4, 0.5) is 11.5 Å². The average Bonchev–Trinajstić information content (AvgIpc) is 3.34. The standard InChI is InChI=1S/C20H24N6O2/c21-18(27)16-11-17(24-15-9-10-22-20(15)28)26-19(25-16)12-5-7-14(8-6-12)23-13-3-1-2-4-13/h5-8,11,13,15,23H,1-4,9-10H2,(H2,21,27)(H,22,28)(H,24,25,26)/t15-/m0/s1. The van der Waals surface area contributed by atoms with Gasteiger partial charge >= 0.3 is 0 Å². The van der Waals surface area contributed by atoms with Gasteiger partial charge in [-0.05, 0) is 43.5 Å². The SMILES string of the molecule is NC(=O)c1cc(N[C@H]2CCNC2=O)nc(-c2ccc(NC3CCCC3)cc2)n1. The summed E-state index contributed by atoms with van der Waals surface area (Å²) in [6.45, 7) is 0.618. The second kappa shape index (κ2) is 7.84. The minimum atomic E-state index is -0.637. The lowest BCUT2D eigenvalue weighted by atomic mass is 10.1. The first-order valence-electron chi connectivity index (χ1n) is 9.68. The van der Waals surface area contributed by atoms with Gasteiger partial charge in [0.15, 0.2) is 5.82 Å². The van der Waals surface area contributed by atoms with E-state index in [1.54, 1.807) is 0 Å². The summed E-state index contributed by atoms with van der Waals surface area (Å²) in [5, 5.41) is 9.38. The Hall–Kier alpha value is -3.16. The van der Waals surface area contributed by atoms with Crippen molar-refractivity contribution in [2.24, 2.45) is 5.73 Å². The van der Waals surface area contributed by atoms with Crippen molar-refractivity contribution in [3.63, 3.8) is 0 Å². The maximum Gasteiger partial charge on any atom is 0.267 e. The molecule has 1 saturated heterocycles. The summed E-state index contributed by atoms with van der Waals surface area (Å²) in [5.41, 5.74) is 7.38. The molecule has 2 aromatic rings. The number of benzene rings is 1. The van der Waals surface area contributed by atoms with Crippen molar-refractivity contribution in [1.29, 1.82) is 0 Å². The molecule has 1 saturated carbocycles. The molecule has 28 heavy (non-hydrogen) atoms. The maximum atomic E-state index is 11.8. The number of primary amides is 1. The van der Waals surface area contributed by atoms with Crippen molar-refractivity contribution in [1.82, 2.24) is 15.3 Å². The van der Waals surface area contributed by atoms with E-state index in [1.165, 1.54) is 31.7 Å². The number of amides is 2. The second-order valence-corrected chi connectivity index (χ2v) is 7.31. The van der Waals surface area contributed by atoms with Gasteiger partial charge in [-0.1, -0.05) is 12.8 Å². The molecule has 1 aromatic carbocycles. The van der Waals surface area contributed by atoms with Gasteiger partial charge < -0.3 is 21.7 Å². The van der Waals surface area contributed by atoms with Crippen molar-refractivity contribution < 1.29 is 9.59 Å². The van der Waals surface area contributed by atoms with Crippen molar-refractivity contribution in [2.45, 2.75) is 44.2 Å². The first-order valence-corrected chi connectivity index (χ1v) is 9.68. The molecule has 5 N–H and O–H groups in total. The van der Waals surface area contributed by atoms with E-state index in [4.69, 9.17) is 5.73 Å².